The molecule has 0 aliphatic carbocycles. The Morgan fingerprint density at radius 3 is 1.90 bits per heavy atom. The third-order valence-corrected chi connectivity index (χ3v) is 4.87. The second-order valence-electron chi connectivity index (χ2n) is 7.10. The zero-order valence-electron chi connectivity index (χ0n) is 16.6. The predicted molar refractivity (Wildman–Crippen MR) is 111 cm³/mol. The molecular weight excluding hydrogens is 362 g/mol. The minimum absolute atomic E-state index is 0.0426. The van der Waals surface area contributed by atoms with Crippen LogP contribution in [0.1, 0.15) is 70.9 Å². The average Bonchev–Trinajstić information content (AvgIpc) is 2.77. The minimum atomic E-state index is -0.129. The van der Waals surface area contributed by atoms with Crippen LogP contribution in [-0.4, -0.2) is 18.2 Å². The molecule has 1 unspecified atom stereocenters. The van der Waals surface area contributed by atoms with Crippen LogP contribution in [0.3, 0.4) is 0 Å². The fourth-order valence-corrected chi connectivity index (χ4v) is 3.05. The number of ketones is 1. The molecule has 1 atom stereocenters. The minimum Gasteiger partial charge on any atom is -0.352 e. The number of nitriles is 2. The van der Waals surface area contributed by atoms with E-state index in [0.717, 1.165) is 32.1 Å². The molecule has 2 aromatic carbocycles. The number of carbonyl (C=O) groups excluding carboxylic acids is 2. The smallest absolute Gasteiger partial charge is 0.251 e. The first kappa shape index (κ1) is 21.9. The van der Waals surface area contributed by atoms with Crippen LogP contribution in [0.4, 0.5) is 0 Å². The van der Waals surface area contributed by atoms with Crippen LogP contribution in [0.5, 0.6) is 0 Å². The molecule has 0 saturated carbocycles. The van der Waals surface area contributed by atoms with Crippen molar-refractivity contribution in [3.8, 4) is 12.1 Å². The highest BCUT2D eigenvalue weighted by Crippen LogP contribution is 2.16. The van der Waals surface area contributed by atoms with E-state index < -0.39 is 0 Å². The molecular formula is C24H25N3O2. The zero-order chi connectivity index (χ0) is 21.1. The molecule has 0 radical (unpaired) electrons. The summed E-state index contributed by atoms with van der Waals surface area (Å²) in [5.74, 6) is -0.0562. The molecule has 2 aromatic rings. The Balaban J connectivity index is 1.60. The monoisotopic (exact) mass is 387 g/mol. The molecule has 148 valence electrons. The first-order chi connectivity index (χ1) is 14.0. The zero-order valence-corrected chi connectivity index (χ0v) is 16.6. The molecule has 5 heteroatoms. The fraction of sp³-hybridized carbons (Fsp3) is 0.333. The van der Waals surface area contributed by atoms with Crippen molar-refractivity contribution in [2.24, 2.45) is 5.92 Å². The van der Waals surface area contributed by atoms with E-state index >= 15 is 0 Å². The van der Waals surface area contributed by atoms with Gasteiger partial charge in [-0.2, -0.15) is 10.5 Å². The number of hydrogen-bond acceptors (Lipinski definition) is 4. The lowest BCUT2D eigenvalue weighted by Gasteiger charge is -2.10. The van der Waals surface area contributed by atoms with Gasteiger partial charge in [-0.25, -0.2) is 0 Å². The van der Waals surface area contributed by atoms with Crippen molar-refractivity contribution in [2.75, 3.05) is 6.54 Å². The van der Waals surface area contributed by atoms with Gasteiger partial charge in [0.05, 0.1) is 23.3 Å². The van der Waals surface area contributed by atoms with Gasteiger partial charge in [0, 0.05) is 23.6 Å². The first-order valence-corrected chi connectivity index (χ1v) is 9.88. The summed E-state index contributed by atoms with van der Waals surface area (Å²) in [6, 6.07) is 17.4. The second kappa shape index (κ2) is 11.4. The van der Waals surface area contributed by atoms with Crippen LogP contribution in [0.25, 0.3) is 0 Å². The highest BCUT2D eigenvalue weighted by molar-refractivity contribution is 5.97. The van der Waals surface area contributed by atoms with Crippen LogP contribution in [0, 0.1) is 28.6 Å². The largest absolute Gasteiger partial charge is 0.352 e. The van der Waals surface area contributed by atoms with Gasteiger partial charge in [0.2, 0.25) is 0 Å². The second-order valence-corrected chi connectivity index (χ2v) is 7.10. The molecule has 0 aliphatic heterocycles. The van der Waals surface area contributed by atoms with E-state index in [-0.39, 0.29) is 17.6 Å². The van der Waals surface area contributed by atoms with Crippen molar-refractivity contribution in [3.05, 3.63) is 70.8 Å². The molecule has 2 rings (SSSR count). The first-order valence-electron chi connectivity index (χ1n) is 9.88. The number of Topliss-reactive ketones (excluding diaryl/α,β-unsaturated/α-hetero) is 1. The van der Waals surface area contributed by atoms with E-state index in [1.165, 1.54) is 0 Å². The summed E-state index contributed by atoms with van der Waals surface area (Å²) in [7, 11) is 0. The van der Waals surface area contributed by atoms with E-state index in [2.05, 4.69) is 11.4 Å². The summed E-state index contributed by atoms with van der Waals surface area (Å²) in [5, 5.41) is 20.5. The van der Waals surface area contributed by atoms with E-state index in [9.17, 15) is 9.59 Å². The molecule has 1 amide bonds. The number of rotatable bonds is 10. The third-order valence-electron chi connectivity index (χ3n) is 4.87. The summed E-state index contributed by atoms with van der Waals surface area (Å²) in [6.07, 6.45) is 4.69. The molecule has 0 saturated heterocycles. The van der Waals surface area contributed by atoms with Crippen molar-refractivity contribution in [2.45, 2.75) is 39.0 Å². The summed E-state index contributed by atoms with van der Waals surface area (Å²) in [6.45, 7) is 2.55. The molecule has 0 bridgehead atoms. The lowest BCUT2D eigenvalue weighted by Crippen LogP contribution is -2.24. The molecule has 0 aliphatic rings. The Morgan fingerprint density at radius 2 is 1.34 bits per heavy atom. The Hall–Kier alpha value is -3.44. The Kier molecular flexibility index (Phi) is 8.60. The number of nitrogens with one attached hydrogen (secondary N) is 1. The van der Waals surface area contributed by atoms with E-state index in [0.29, 0.717) is 28.8 Å². The Morgan fingerprint density at radius 1 is 0.828 bits per heavy atom. The molecule has 0 spiro atoms. The van der Waals surface area contributed by atoms with Gasteiger partial charge in [0.25, 0.3) is 5.91 Å². The third kappa shape index (κ3) is 6.90. The van der Waals surface area contributed by atoms with Gasteiger partial charge in [-0.05, 0) is 49.2 Å². The molecule has 29 heavy (non-hydrogen) atoms. The maximum atomic E-state index is 12.4. The average molecular weight is 387 g/mol. The number of nitrogens with zero attached hydrogens (tertiary/aromatic N) is 2. The summed E-state index contributed by atoms with van der Waals surface area (Å²) in [5.41, 5.74) is 2.30. The van der Waals surface area contributed by atoms with Gasteiger partial charge in [-0.1, -0.05) is 38.3 Å². The molecule has 5 nitrogen and oxygen atoms in total. The van der Waals surface area contributed by atoms with Crippen LogP contribution < -0.4 is 5.32 Å². The Labute approximate surface area is 172 Å². The topological polar surface area (TPSA) is 93.8 Å². The Bertz CT molecular complexity index is 903. The summed E-state index contributed by atoms with van der Waals surface area (Å²) < 4.78 is 0. The van der Waals surface area contributed by atoms with Crippen LogP contribution in [0.2, 0.25) is 0 Å². The van der Waals surface area contributed by atoms with Crippen LogP contribution in [0.15, 0.2) is 48.5 Å². The van der Waals surface area contributed by atoms with Crippen LogP contribution >= 0.6 is 0 Å². The SMILES string of the molecule is CC(CCCCCCNC(=O)c1ccc(C#N)cc1)C(=O)c1ccc(C#N)cc1. The van der Waals surface area contributed by atoms with Crippen molar-refractivity contribution in [3.63, 3.8) is 0 Å². The summed E-state index contributed by atoms with van der Waals surface area (Å²) >= 11 is 0. The van der Waals surface area contributed by atoms with Gasteiger partial charge in [-0.3, -0.25) is 9.59 Å². The van der Waals surface area contributed by atoms with Gasteiger partial charge in [0.15, 0.2) is 5.78 Å². The molecule has 0 heterocycles. The number of amides is 1. The van der Waals surface area contributed by atoms with Crippen molar-refractivity contribution in [1.29, 1.82) is 10.5 Å². The van der Waals surface area contributed by atoms with E-state index in [1.807, 2.05) is 13.0 Å². The van der Waals surface area contributed by atoms with Crippen molar-refractivity contribution in [1.82, 2.24) is 5.32 Å². The van der Waals surface area contributed by atoms with Crippen molar-refractivity contribution >= 4 is 11.7 Å². The lowest BCUT2D eigenvalue weighted by atomic mass is 9.93. The quantitative estimate of drug-likeness (QED) is 0.475. The fourth-order valence-electron chi connectivity index (χ4n) is 3.05. The number of benzene rings is 2. The number of unbranched alkanes of at least 4 members (excludes halogenated alkanes) is 3. The van der Waals surface area contributed by atoms with Crippen molar-refractivity contribution < 1.29 is 9.59 Å². The number of carbonyl (C=O) groups is 2. The maximum Gasteiger partial charge on any atom is 0.251 e. The van der Waals surface area contributed by atoms with Gasteiger partial charge >= 0.3 is 0 Å². The van der Waals surface area contributed by atoms with Gasteiger partial charge in [-0.15, -0.1) is 0 Å². The number of hydrogen-bond donors (Lipinski definition) is 1. The van der Waals surface area contributed by atoms with Gasteiger partial charge in [0.1, 0.15) is 0 Å². The predicted octanol–water partition coefficient (Wildman–Crippen LogP) is 4.63. The highest BCUT2D eigenvalue weighted by Gasteiger charge is 2.14. The lowest BCUT2D eigenvalue weighted by molar-refractivity contribution is 0.0919. The molecule has 1 N–H and O–H groups in total. The maximum absolute atomic E-state index is 12.4. The normalized spacial score (nSPS) is 11.1. The highest BCUT2D eigenvalue weighted by atomic mass is 16.1. The van der Waals surface area contributed by atoms with Gasteiger partial charge < -0.3 is 5.32 Å². The standard InChI is InChI=1S/C24H25N3O2/c1-18(23(28)21-11-7-19(16-25)8-12-21)6-4-2-3-5-15-27-24(29)22-13-9-20(17-26)10-14-22/h7-14,18H,2-6,15H2,1H3,(H,27,29). The summed E-state index contributed by atoms with van der Waals surface area (Å²) in [4.78, 5) is 24.4. The van der Waals surface area contributed by atoms with E-state index in [4.69, 9.17) is 10.5 Å². The molecule has 0 fully saturated rings. The molecule has 0 aromatic heterocycles. The van der Waals surface area contributed by atoms with E-state index in [1.54, 1.807) is 48.5 Å². The van der Waals surface area contributed by atoms with Crippen LogP contribution in [-0.2, 0) is 0 Å².